The van der Waals surface area contributed by atoms with Crippen LogP contribution in [0.25, 0.3) is 0 Å². The standard InChI is InChI=1S/C13H27NO/c1-6-12(4)9-14-10-13(5,15-12)8-7-11(2)3/h11,14H,6-10H2,1-5H3. The molecule has 0 saturated carbocycles. The van der Waals surface area contributed by atoms with Gasteiger partial charge in [-0.25, -0.2) is 0 Å². The number of nitrogens with one attached hydrogen (secondary N) is 1. The van der Waals surface area contributed by atoms with Crippen LogP contribution in [0.3, 0.4) is 0 Å². The van der Waals surface area contributed by atoms with E-state index in [1.54, 1.807) is 0 Å². The largest absolute Gasteiger partial charge is 0.366 e. The Kier molecular flexibility index (Phi) is 4.19. The molecule has 0 aromatic rings. The number of hydrogen-bond donors (Lipinski definition) is 1. The van der Waals surface area contributed by atoms with Crippen LogP contribution >= 0.6 is 0 Å². The van der Waals surface area contributed by atoms with Gasteiger partial charge in [0.1, 0.15) is 0 Å². The van der Waals surface area contributed by atoms with E-state index in [1.165, 1.54) is 6.42 Å². The Morgan fingerprint density at radius 2 is 1.80 bits per heavy atom. The second-order valence-electron chi connectivity index (χ2n) is 5.89. The summed E-state index contributed by atoms with van der Waals surface area (Å²) in [7, 11) is 0. The lowest BCUT2D eigenvalue weighted by molar-refractivity contribution is -0.167. The first-order valence-electron chi connectivity index (χ1n) is 6.30. The quantitative estimate of drug-likeness (QED) is 0.775. The Balaban J connectivity index is 2.52. The maximum absolute atomic E-state index is 6.30. The van der Waals surface area contributed by atoms with E-state index in [-0.39, 0.29) is 11.2 Å². The van der Waals surface area contributed by atoms with Gasteiger partial charge in [-0.05, 0) is 39.0 Å². The molecule has 0 aromatic carbocycles. The van der Waals surface area contributed by atoms with Gasteiger partial charge in [-0.1, -0.05) is 20.8 Å². The summed E-state index contributed by atoms with van der Waals surface area (Å²) in [4.78, 5) is 0. The monoisotopic (exact) mass is 213 g/mol. The van der Waals surface area contributed by atoms with Crippen molar-refractivity contribution in [1.29, 1.82) is 0 Å². The summed E-state index contributed by atoms with van der Waals surface area (Å²) in [6, 6.07) is 0. The van der Waals surface area contributed by atoms with Crippen LogP contribution in [0.1, 0.15) is 53.9 Å². The molecule has 15 heavy (non-hydrogen) atoms. The third-order valence-corrected chi connectivity index (χ3v) is 3.49. The van der Waals surface area contributed by atoms with Gasteiger partial charge in [-0.2, -0.15) is 0 Å². The molecular formula is C13H27NO. The smallest absolute Gasteiger partial charge is 0.0786 e. The van der Waals surface area contributed by atoms with Crippen molar-refractivity contribution in [3.8, 4) is 0 Å². The van der Waals surface area contributed by atoms with Gasteiger partial charge in [0.05, 0.1) is 11.2 Å². The van der Waals surface area contributed by atoms with Gasteiger partial charge in [-0.3, -0.25) is 0 Å². The third kappa shape index (κ3) is 3.76. The maximum Gasteiger partial charge on any atom is 0.0786 e. The molecule has 1 heterocycles. The highest BCUT2D eigenvalue weighted by molar-refractivity contribution is 4.91. The van der Waals surface area contributed by atoms with E-state index >= 15 is 0 Å². The van der Waals surface area contributed by atoms with Gasteiger partial charge in [0.25, 0.3) is 0 Å². The predicted octanol–water partition coefficient (Wildman–Crippen LogP) is 2.97. The van der Waals surface area contributed by atoms with Crippen molar-refractivity contribution in [1.82, 2.24) is 5.32 Å². The number of morpholine rings is 1. The average Bonchev–Trinajstić information content (AvgIpc) is 2.15. The summed E-state index contributed by atoms with van der Waals surface area (Å²) in [5.41, 5.74) is 0.0667. The van der Waals surface area contributed by atoms with Gasteiger partial charge in [0.15, 0.2) is 0 Å². The molecule has 0 spiro atoms. The topological polar surface area (TPSA) is 21.3 Å². The molecule has 2 nitrogen and oxygen atoms in total. The summed E-state index contributed by atoms with van der Waals surface area (Å²) in [5.74, 6) is 0.764. The van der Waals surface area contributed by atoms with Crippen LogP contribution < -0.4 is 5.32 Å². The van der Waals surface area contributed by atoms with Crippen LogP contribution in [0.4, 0.5) is 0 Å². The Bertz CT molecular complexity index is 205. The fourth-order valence-corrected chi connectivity index (χ4v) is 2.19. The van der Waals surface area contributed by atoms with Gasteiger partial charge < -0.3 is 10.1 Å². The van der Waals surface area contributed by atoms with E-state index in [1.807, 2.05) is 0 Å². The van der Waals surface area contributed by atoms with Gasteiger partial charge >= 0.3 is 0 Å². The van der Waals surface area contributed by atoms with Gasteiger partial charge in [0.2, 0.25) is 0 Å². The minimum absolute atomic E-state index is 0.0317. The predicted molar refractivity (Wildman–Crippen MR) is 65.1 cm³/mol. The van der Waals surface area contributed by atoms with E-state index in [0.717, 1.165) is 31.8 Å². The lowest BCUT2D eigenvalue weighted by atomic mass is 9.90. The van der Waals surface area contributed by atoms with Crippen LogP contribution in [0.2, 0.25) is 0 Å². The molecular weight excluding hydrogens is 186 g/mol. The highest BCUT2D eigenvalue weighted by Crippen LogP contribution is 2.30. The zero-order chi connectivity index (χ0) is 11.5. The van der Waals surface area contributed by atoms with E-state index in [9.17, 15) is 0 Å². The summed E-state index contributed by atoms with van der Waals surface area (Å²) in [6.07, 6.45) is 3.49. The minimum Gasteiger partial charge on any atom is -0.366 e. The molecule has 1 N–H and O–H groups in total. The minimum atomic E-state index is 0.0317. The Morgan fingerprint density at radius 3 is 2.33 bits per heavy atom. The highest BCUT2D eigenvalue weighted by atomic mass is 16.5. The second kappa shape index (κ2) is 4.84. The Morgan fingerprint density at radius 1 is 1.20 bits per heavy atom. The Hall–Kier alpha value is -0.0800. The van der Waals surface area contributed by atoms with Crippen LogP contribution in [-0.2, 0) is 4.74 Å². The first-order chi connectivity index (χ1) is 6.89. The molecule has 0 aromatic heterocycles. The molecule has 1 aliphatic heterocycles. The maximum atomic E-state index is 6.30. The summed E-state index contributed by atoms with van der Waals surface area (Å²) >= 11 is 0. The number of rotatable bonds is 4. The molecule has 1 fully saturated rings. The Labute approximate surface area is 94.8 Å². The van der Waals surface area contributed by atoms with Crippen molar-refractivity contribution in [3.05, 3.63) is 0 Å². The van der Waals surface area contributed by atoms with Crippen molar-refractivity contribution in [2.75, 3.05) is 13.1 Å². The summed E-state index contributed by atoms with van der Waals surface area (Å²) in [6.45, 7) is 13.2. The number of ether oxygens (including phenoxy) is 1. The van der Waals surface area contributed by atoms with Crippen LogP contribution in [0.15, 0.2) is 0 Å². The zero-order valence-corrected chi connectivity index (χ0v) is 11.0. The van der Waals surface area contributed by atoms with Crippen molar-refractivity contribution < 1.29 is 4.74 Å². The molecule has 0 aliphatic carbocycles. The molecule has 1 rings (SSSR count). The molecule has 0 bridgehead atoms. The highest BCUT2D eigenvalue weighted by Gasteiger charge is 2.38. The number of hydrogen-bond acceptors (Lipinski definition) is 2. The molecule has 2 heteroatoms. The molecule has 2 atom stereocenters. The third-order valence-electron chi connectivity index (χ3n) is 3.49. The first-order valence-corrected chi connectivity index (χ1v) is 6.30. The molecule has 1 saturated heterocycles. The second-order valence-corrected chi connectivity index (χ2v) is 5.89. The summed E-state index contributed by atoms with van der Waals surface area (Å²) < 4.78 is 6.30. The molecule has 0 amide bonds. The van der Waals surface area contributed by atoms with E-state index in [2.05, 4.69) is 39.9 Å². The zero-order valence-electron chi connectivity index (χ0n) is 11.0. The lowest BCUT2D eigenvalue weighted by Gasteiger charge is -2.45. The van der Waals surface area contributed by atoms with E-state index in [0.29, 0.717) is 0 Å². The van der Waals surface area contributed by atoms with E-state index in [4.69, 9.17) is 4.74 Å². The van der Waals surface area contributed by atoms with E-state index < -0.39 is 0 Å². The lowest BCUT2D eigenvalue weighted by Crippen LogP contribution is -2.57. The van der Waals surface area contributed by atoms with Crippen LogP contribution in [-0.4, -0.2) is 24.3 Å². The summed E-state index contributed by atoms with van der Waals surface area (Å²) in [5, 5.41) is 3.52. The normalized spacial score (nSPS) is 37.2. The van der Waals surface area contributed by atoms with Crippen LogP contribution in [0.5, 0.6) is 0 Å². The average molecular weight is 213 g/mol. The van der Waals surface area contributed by atoms with Crippen molar-refractivity contribution >= 4 is 0 Å². The SMILES string of the molecule is CCC1(C)CNCC(C)(CCC(C)C)O1. The van der Waals surface area contributed by atoms with Gasteiger partial charge in [-0.15, -0.1) is 0 Å². The van der Waals surface area contributed by atoms with Gasteiger partial charge in [0, 0.05) is 13.1 Å². The van der Waals surface area contributed by atoms with Crippen molar-refractivity contribution in [2.24, 2.45) is 5.92 Å². The molecule has 2 unspecified atom stereocenters. The first kappa shape index (κ1) is 13.0. The van der Waals surface area contributed by atoms with Crippen molar-refractivity contribution in [3.63, 3.8) is 0 Å². The fourth-order valence-electron chi connectivity index (χ4n) is 2.19. The molecule has 90 valence electrons. The molecule has 0 radical (unpaired) electrons. The fraction of sp³-hybridized carbons (Fsp3) is 1.00. The van der Waals surface area contributed by atoms with Crippen molar-refractivity contribution in [2.45, 2.75) is 65.1 Å². The van der Waals surface area contributed by atoms with Crippen LogP contribution in [0, 0.1) is 5.92 Å². The molecule has 1 aliphatic rings.